The number of ether oxygens (including phenoxy) is 1. The summed E-state index contributed by atoms with van der Waals surface area (Å²) >= 11 is 0. The zero-order valence-corrected chi connectivity index (χ0v) is 27.8. The van der Waals surface area contributed by atoms with Crippen LogP contribution in [0.4, 0.5) is 0 Å². The van der Waals surface area contributed by atoms with Crippen LogP contribution >= 0.6 is 0 Å². The van der Waals surface area contributed by atoms with Crippen molar-refractivity contribution in [2.45, 2.75) is 109 Å². The first-order valence-electron chi connectivity index (χ1n) is 16.3. The highest BCUT2D eigenvalue weighted by molar-refractivity contribution is 5.98. The standard InChI is InChI=1S/C35H52N6O3/c1-33(2,3)27-21-29(34(4,5)6)41(38-27)19-16-26-22-36-18-20-39(26)32(42)30-31(25-13-9-8-10-14-25)40(24-37-30)28-15-11-12-17-35(28,43)23-44-7/h8-10,13-14,21,24,26,28,36,43H,11-12,15-20,22-23H2,1-7H3/t26-,28-,35-/m1/s1. The van der Waals surface area contributed by atoms with E-state index in [1.807, 2.05) is 39.8 Å². The molecule has 44 heavy (non-hydrogen) atoms. The molecule has 0 unspecified atom stereocenters. The molecule has 0 spiro atoms. The number of hydrogen-bond donors (Lipinski definition) is 2. The van der Waals surface area contributed by atoms with E-state index in [-0.39, 0.29) is 35.4 Å². The SMILES string of the molecule is COC[C@]1(O)CCCC[C@H]1n1cnc(C(=O)N2CCNC[C@H]2CCn2nc(C(C)(C)C)cc2C(C)(C)C)c1-c1ccccc1. The van der Waals surface area contributed by atoms with Crippen molar-refractivity contribution in [3.63, 3.8) is 0 Å². The monoisotopic (exact) mass is 604 g/mol. The normalized spacial score (nSPS) is 23.2. The average molecular weight is 605 g/mol. The Morgan fingerprint density at radius 3 is 2.55 bits per heavy atom. The number of aliphatic hydroxyl groups is 1. The number of imidazole rings is 1. The third kappa shape index (κ3) is 6.65. The fraction of sp³-hybridized carbons (Fsp3) is 0.629. The van der Waals surface area contributed by atoms with E-state index in [0.717, 1.165) is 62.3 Å². The molecule has 1 aromatic carbocycles. The summed E-state index contributed by atoms with van der Waals surface area (Å²) in [6.07, 6.45) is 5.96. The topological polar surface area (TPSA) is 97.4 Å². The van der Waals surface area contributed by atoms with Gasteiger partial charge < -0.3 is 24.6 Å². The first-order chi connectivity index (χ1) is 20.8. The van der Waals surface area contributed by atoms with Crippen LogP contribution in [0.15, 0.2) is 42.7 Å². The van der Waals surface area contributed by atoms with Gasteiger partial charge in [-0.05, 0) is 25.3 Å². The molecule has 1 amide bonds. The number of aromatic nitrogens is 4. The molecule has 9 heteroatoms. The number of piperazine rings is 1. The van der Waals surface area contributed by atoms with Crippen LogP contribution in [0.5, 0.6) is 0 Å². The molecule has 3 atom stereocenters. The largest absolute Gasteiger partial charge is 0.385 e. The van der Waals surface area contributed by atoms with Gasteiger partial charge in [-0.2, -0.15) is 5.10 Å². The van der Waals surface area contributed by atoms with Crippen molar-refractivity contribution in [3.05, 3.63) is 59.8 Å². The van der Waals surface area contributed by atoms with Gasteiger partial charge in [0, 0.05) is 61.4 Å². The number of carbonyl (C=O) groups is 1. The van der Waals surface area contributed by atoms with Crippen LogP contribution in [0.2, 0.25) is 0 Å². The van der Waals surface area contributed by atoms with Crippen LogP contribution < -0.4 is 5.32 Å². The molecule has 3 heterocycles. The van der Waals surface area contributed by atoms with Gasteiger partial charge in [-0.3, -0.25) is 9.48 Å². The average Bonchev–Trinajstić information content (AvgIpc) is 3.62. The van der Waals surface area contributed by atoms with E-state index in [9.17, 15) is 9.90 Å². The van der Waals surface area contributed by atoms with E-state index in [1.165, 1.54) is 5.69 Å². The Morgan fingerprint density at radius 2 is 1.86 bits per heavy atom. The second-order valence-corrected chi connectivity index (χ2v) is 14.8. The van der Waals surface area contributed by atoms with Crippen LogP contribution in [0.25, 0.3) is 11.3 Å². The third-order valence-electron chi connectivity index (χ3n) is 9.33. The lowest BCUT2D eigenvalue weighted by Gasteiger charge is -2.41. The van der Waals surface area contributed by atoms with Crippen molar-refractivity contribution in [3.8, 4) is 11.3 Å². The number of aryl methyl sites for hydroxylation is 1. The molecule has 2 aliphatic rings. The summed E-state index contributed by atoms with van der Waals surface area (Å²) in [5.74, 6) is -0.0629. The summed E-state index contributed by atoms with van der Waals surface area (Å²) in [6.45, 7) is 16.3. The molecule has 2 aromatic heterocycles. The van der Waals surface area contributed by atoms with E-state index in [4.69, 9.17) is 14.8 Å². The predicted molar refractivity (Wildman–Crippen MR) is 174 cm³/mol. The first-order valence-corrected chi connectivity index (χ1v) is 16.3. The molecule has 9 nitrogen and oxygen atoms in total. The molecule has 2 N–H and O–H groups in total. The lowest BCUT2D eigenvalue weighted by atomic mass is 9.80. The molecule has 1 saturated carbocycles. The van der Waals surface area contributed by atoms with Crippen LogP contribution in [-0.2, 0) is 22.1 Å². The molecule has 3 aromatic rings. The molecular weight excluding hydrogens is 552 g/mol. The van der Waals surface area contributed by atoms with Gasteiger partial charge in [0.05, 0.1) is 30.4 Å². The van der Waals surface area contributed by atoms with Crippen molar-refractivity contribution in [2.75, 3.05) is 33.4 Å². The zero-order chi connectivity index (χ0) is 31.7. The zero-order valence-electron chi connectivity index (χ0n) is 27.8. The maximum Gasteiger partial charge on any atom is 0.275 e. The number of nitrogens with one attached hydrogen (secondary N) is 1. The van der Waals surface area contributed by atoms with Gasteiger partial charge in [0.25, 0.3) is 5.91 Å². The van der Waals surface area contributed by atoms with Gasteiger partial charge in [0.1, 0.15) is 5.60 Å². The van der Waals surface area contributed by atoms with Gasteiger partial charge in [0.2, 0.25) is 0 Å². The minimum Gasteiger partial charge on any atom is -0.385 e. The van der Waals surface area contributed by atoms with Crippen molar-refractivity contribution in [1.82, 2.24) is 29.5 Å². The molecule has 0 bridgehead atoms. The molecule has 5 rings (SSSR count). The van der Waals surface area contributed by atoms with E-state index >= 15 is 0 Å². The van der Waals surface area contributed by atoms with Crippen molar-refractivity contribution in [2.24, 2.45) is 0 Å². The minimum absolute atomic E-state index is 0.000216. The van der Waals surface area contributed by atoms with Gasteiger partial charge in [-0.25, -0.2) is 4.98 Å². The Kier molecular flexibility index (Phi) is 9.40. The number of hydrogen-bond acceptors (Lipinski definition) is 6. The lowest BCUT2D eigenvalue weighted by molar-refractivity contribution is -0.0893. The smallest absolute Gasteiger partial charge is 0.275 e. The Labute approximate surface area is 263 Å². The minimum atomic E-state index is -1.02. The summed E-state index contributed by atoms with van der Waals surface area (Å²) in [7, 11) is 1.63. The van der Waals surface area contributed by atoms with Crippen LogP contribution in [0, 0.1) is 0 Å². The molecule has 2 fully saturated rings. The van der Waals surface area contributed by atoms with Gasteiger partial charge in [0.15, 0.2) is 5.69 Å². The predicted octanol–water partition coefficient (Wildman–Crippen LogP) is 5.34. The molecule has 0 radical (unpaired) electrons. The summed E-state index contributed by atoms with van der Waals surface area (Å²) < 4.78 is 9.69. The van der Waals surface area contributed by atoms with Crippen LogP contribution in [-0.4, -0.2) is 80.2 Å². The van der Waals surface area contributed by atoms with Crippen molar-refractivity contribution < 1.29 is 14.6 Å². The number of benzene rings is 1. The highest BCUT2D eigenvalue weighted by Crippen LogP contribution is 2.41. The fourth-order valence-electron chi connectivity index (χ4n) is 6.91. The number of nitrogens with zero attached hydrogens (tertiary/aromatic N) is 5. The van der Waals surface area contributed by atoms with Gasteiger partial charge in [-0.15, -0.1) is 0 Å². The number of rotatable bonds is 8. The van der Waals surface area contributed by atoms with Crippen molar-refractivity contribution >= 4 is 5.91 Å². The lowest BCUT2D eigenvalue weighted by Crippen LogP contribution is -2.54. The van der Waals surface area contributed by atoms with Crippen LogP contribution in [0.1, 0.15) is 102 Å². The molecule has 1 saturated heterocycles. The maximum absolute atomic E-state index is 14.5. The fourth-order valence-corrected chi connectivity index (χ4v) is 6.91. The number of amides is 1. The maximum atomic E-state index is 14.5. The molecule has 1 aliphatic carbocycles. The quantitative estimate of drug-likeness (QED) is 0.360. The summed E-state index contributed by atoms with van der Waals surface area (Å²) in [6, 6.07) is 12.0. The Bertz CT molecular complexity index is 1410. The van der Waals surface area contributed by atoms with E-state index < -0.39 is 5.60 Å². The van der Waals surface area contributed by atoms with E-state index in [2.05, 4.69) is 57.6 Å². The Morgan fingerprint density at radius 1 is 1.11 bits per heavy atom. The summed E-state index contributed by atoms with van der Waals surface area (Å²) in [5.41, 5.74) is 3.33. The molecule has 1 aliphatic heterocycles. The Hall–Kier alpha value is -3.01. The number of methoxy groups -OCH3 is 1. The van der Waals surface area contributed by atoms with E-state index in [1.54, 1.807) is 13.4 Å². The van der Waals surface area contributed by atoms with E-state index in [0.29, 0.717) is 18.7 Å². The molecular formula is C35H52N6O3. The third-order valence-corrected chi connectivity index (χ3v) is 9.33. The first kappa shape index (κ1) is 32.4. The van der Waals surface area contributed by atoms with Crippen LogP contribution in [0.3, 0.4) is 0 Å². The summed E-state index contributed by atoms with van der Waals surface area (Å²) in [5, 5.41) is 20.3. The van der Waals surface area contributed by atoms with Crippen molar-refractivity contribution in [1.29, 1.82) is 0 Å². The highest BCUT2D eigenvalue weighted by atomic mass is 16.5. The van der Waals surface area contributed by atoms with Gasteiger partial charge >= 0.3 is 0 Å². The molecule has 240 valence electrons. The number of carbonyl (C=O) groups excluding carboxylic acids is 1. The second kappa shape index (κ2) is 12.8. The summed E-state index contributed by atoms with van der Waals surface area (Å²) in [4.78, 5) is 21.3. The van der Waals surface area contributed by atoms with Gasteiger partial charge in [-0.1, -0.05) is 84.7 Å². The second-order valence-electron chi connectivity index (χ2n) is 14.8. The Balaban J connectivity index is 1.46. The highest BCUT2D eigenvalue weighted by Gasteiger charge is 2.42.